The van der Waals surface area contributed by atoms with E-state index < -0.39 is 6.67 Å². The van der Waals surface area contributed by atoms with Crippen molar-refractivity contribution in [2.24, 2.45) is 0 Å². The topological polar surface area (TPSA) is 109 Å². The molecule has 0 radical (unpaired) electrons. The fourth-order valence-corrected chi connectivity index (χ4v) is 4.76. The number of nitrogens with two attached hydrogens (primary N) is 2. The number of nitrogens with zero attached hydrogens (tertiary/aromatic N) is 3. The molecule has 1 atom stereocenters. The van der Waals surface area contributed by atoms with Crippen molar-refractivity contribution in [3.05, 3.63) is 34.8 Å². The first-order valence-electron chi connectivity index (χ1n) is 8.82. The number of nitrogen functional groups attached to an aromatic ring is 2. The maximum atomic E-state index is 12.5. The zero-order valence-electron chi connectivity index (χ0n) is 16.3. The lowest BCUT2D eigenvalue weighted by Crippen LogP contribution is -2.01. The third kappa shape index (κ3) is 5.07. The molecule has 0 unspecified atom stereocenters. The molecule has 4 N–H and O–H groups in total. The first-order valence-corrected chi connectivity index (χ1v) is 10.5. The summed E-state index contributed by atoms with van der Waals surface area (Å²) in [5.74, 6) is 1.71. The van der Waals surface area contributed by atoms with Crippen molar-refractivity contribution in [2.75, 3.05) is 31.9 Å². The first-order chi connectivity index (χ1) is 13.9. The Morgan fingerprint density at radius 3 is 2.52 bits per heavy atom. The Bertz CT molecular complexity index is 978. The van der Waals surface area contributed by atoms with Crippen LogP contribution < -0.4 is 20.9 Å². The smallest absolute Gasteiger partial charge is 0.192 e. The number of thioether (sulfide) groups is 1. The SMILES string of the molecule is COc1ccc(-c2nc([C@H](C)Sc3nc(N)cc(N)n3)c(C)s2)cc1OCCF. The molecule has 0 aliphatic heterocycles. The summed E-state index contributed by atoms with van der Waals surface area (Å²) in [5.41, 5.74) is 13.3. The minimum Gasteiger partial charge on any atom is -0.493 e. The Kier molecular flexibility index (Phi) is 6.75. The van der Waals surface area contributed by atoms with Crippen LogP contribution in [0.5, 0.6) is 11.5 Å². The van der Waals surface area contributed by atoms with Gasteiger partial charge >= 0.3 is 0 Å². The Labute approximate surface area is 176 Å². The van der Waals surface area contributed by atoms with Gasteiger partial charge in [0.25, 0.3) is 0 Å². The molecule has 0 aliphatic carbocycles. The molecule has 0 bridgehead atoms. The number of rotatable bonds is 8. The van der Waals surface area contributed by atoms with Crippen LogP contribution in [0.25, 0.3) is 10.6 Å². The number of halogens is 1. The molecule has 2 aromatic heterocycles. The van der Waals surface area contributed by atoms with Gasteiger partial charge in [-0.3, -0.25) is 0 Å². The summed E-state index contributed by atoms with van der Waals surface area (Å²) in [5, 5.41) is 1.35. The fourth-order valence-electron chi connectivity index (χ4n) is 2.71. The van der Waals surface area contributed by atoms with Gasteiger partial charge in [-0.2, -0.15) is 0 Å². The van der Waals surface area contributed by atoms with Gasteiger partial charge in [-0.1, -0.05) is 11.8 Å². The Morgan fingerprint density at radius 1 is 1.14 bits per heavy atom. The molecule has 0 saturated heterocycles. The van der Waals surface area contributed by atoms with Crippen LogP contribution in [0.2, 0.25) is 0 Å². The lowest BCUT2D eigenvalue weighted by atomic mass is 10.2. The number of hydrogen-bond donors (Lipinski definition) is 2. The van der Waals surface area contributed by atoms with Crippen LogP contribution in [-0.4, -0.2) is 35.3 Å². The molecule has 2 heterocycles. The summed E-state index contributed by atoms with van der Waals surface area (Å²) < 4.78 is 23.2. The molecule has 3 aromatic rings. The number of aromatic nitrogens is 3. The Morgan fingerprint density at radius 2 is 1.86 bits per heavy atom. The maximum Gasteiger partial charge on any atom is 0.192 e. The molecule has 29 heavy (non-hydrogen) atoms. The minimum absolute atomic E-state index is 0.00158. The van der Waals surface area contributed by atoms with Crippen molar-refractivity contribution in [3.63, 3.8) is 0 Å². The molecule has 0 saturated carbocycles. The third-order valence-corrected chi connectivity index (χ3v) is 6.00. The third-order valence-electron chi connectivity index (χ3n) is 3.99. The standard InChI is InChI=1S/C19H22FN5O2S2/c1-10-17(11(2)29-19-23-15(21)9-16(22)24-19)25-18(28-10)12-4-5-13(26-3)14(8-12)27-7-6-20/h4-5,8-9,11H,6-7H2,1-3H3,(H4,21,22,23,24)/t11-/m0/s1. The quantitative estimate of drug-likeness (QED) is 0.398. The number of thiazole rings is 1. The second-order valence-electron chi connectivity index (χ2n) is 6.12. The maximum absolute atomic E-state index is 12.5. The average molecular weight is 436 g/mol. The summed E-state index contributed by atoms with van der Waals surface area (Å²) in [4.78, 5) is 14.3. The zero-order valence-corrected chi connectivity index (χ0v) is 17.9. The monoisotopic (exact) mass is 435 g/mol. The summed E-state index contributed by atoms with van der Waals surface area (Å²) in [6.07, 6.45) is 0. The molecule has 0 spiro atoms. The van der Waals surface area contributed by atoms with Crippen molar-refractivity contribution in [1.29, 1.82) is 0 Å². The van der Waals surface area contributed by atoms with Crippen molar-refractivity contribution < 1.29 is 13.9 Å². The molecular formula is C19H22FN5O2S2. The van der Waals surface area contributed by atoms with E-state index in [-0.39, 0.29) is 11.9 Å². The molecule has 7 nitrogen and oxygen atoms in total. The molecule has 0 amide bonds. The lowest BCUT2D eigenvalue weighted by Gasteiger charge is -2.10. The van der Waals surface area contributed by atoms with Crippen LogP contribution in [0.4, 0.5) is 16.0 Å². The van der Waals surface area contributed by atoms with Gasteiger partial charge in [-0.05, 0) is 32.0 Å². The van der Waals surface area contributed by atoms with E-state index in [1.165, 1.54) is 17.8 Å². The van der Waals surface area contributed by atoms with Crippen molar-refractivity contribution in [3.8, 4) is 22.1 Å². The molecule has 1 aromatic carbocycles. The van der Waals surface area contributed by atoms with Gasteiger partial charge in [-0.15, -0.1) is 11.3 Å². The van der Waals surface area contributed by atoms with Gasteiger partial charge in [0.1, 0.15) is 29.9 Å². The van der Waals surface area contributed by atoms with Gasteiger partial charge in [0.15, 0.2) is 16.7 Å². The molecule has 10 heteroatoms. The van der Waals surface area contributed by atoms with E-state index in [4.69, 9.17) is 25.9 Å². The van der Waals surface area contributed by atoms with Gasteiger partial charge in [0.2, 0.25) is 0 Å². The number of alkyl halides is 1. The molecule has 0 aliphatic rings. The largest absolute Gasteiger partial charge is 0.493 e. The average Bonchev–Trinajstić information content (AvgIpc) is 3.07. The minimum atomic E-state index is -0.570. The van der Waals surface area contributed by atoms with E-state index >= 15 is 0 Å². The second kappa shape index (κ2) is 9.27. The van der Waals surface area contributed by atoms with Gasteiger partial charge in [0.05, 0.1) is 18.1 Å². The lowest BCUT2D eigenvalue weighted by molar-refractivity contribution is 0.260. The number of ether oxygens (including phenoxy) is 2. The van der Waals surface area contributed by atoms with Gasteiger partial charge in [-0.25, -0.2) is 19.3 Å². The molecule has 154 valence electrons. The number of benzene rings is 1. The Balaban J connectivity index is 1.85. The van der Waals surface area contributed by atoms with E-state index in [0.29, 0.717) is 28.3 Å². The van der Waals surface area contributed by atoms with E-state index in [0.717, 1.165) is 21.1 Å². The van der Waals surface area contributed by atoms with E-state index in [9.17, 15) is 4.39 Å². The summed E-state index contributed by atoms with van der Waals surface area (Å²) in [6, 6.07) is 7.03. The number of methoxy groups -OCH3 is 1. The highest BCUT2D eigenvalue weighted by Crippen LogP contribution is 2.40. The fraction of sp³-hybridized carbons (Fsp3) is 0.316. The highest BCUT2D eigenvalue weighted by Gasteiger charge is 2.19. The van der Waals surface area contributed by atoms with Gasteiger partial charge < -0.3 is 20.9 Å². The van der Waals surface area contributed by atoms with E-state index in [1.54, 1.807) is 24.5 Å². The van der Waals surface area contributed by atoms with E-state index in [1.807, 2.05) is 26.0 Å². The van der Waals surface area contributed by atoms with Crippen LogP contribution in [0.1, 0.15) is 22.7 Å². The van der Waals surface area contributed by atoms with Crippen LogP contribution in [0.3, 0.4) is 0 Å². The molecular weight excluding hydrogens is 413 g/mol. The second-order valence-corrected chi connectivity index (χ2v) is 8.64. The summed E-state index contributed by atoms with van der Waals surface area (Å²) in [6.45, 7) is 3.45. The van der Waals surface area contributed by atoms with Crippen LogP contribution in [-0.2, 0) is 0 Å². The number of hydrogen-bond acceptors (Lipinski definition) is 9. The van der Waals surface area contributed by atoms with E-state index in [2.05, 4.69) is 9.97 Å². The molecule has 0 fully saturated rings. The molecule has 3 rings (SSSR count). The number of anilines is 2. The highest BCUT2D eigenvalue weighted by molar-refractivity contribution is 7.99. The number of aryl methyl sites for hydroxylation is 1. The van der Waals surface area contributed by atoms with Crippen LogP contribution >= 0.6 is 23.1 Å². The predicted molar refractivity (Wildman–Crippen MR) is 115 cm³/mol. The van der Waals surface area contributed by atoms with Crippen LogP contribution in [0.15, 0.2) is 29.4 Å². The van der Waals surface area contributed by atoms with Crippen molar-refractivity contribution in [1.82, 2.24) is 15.0 Å². The van der Waals surface area contributed by atoms with Crippen molar-refractivity contribution in [2.45, 2.75) is 24.3 Å². The Hall–Kier alpha value is -2.59. The van der Waals surface area contributed by atoms with Crippen molar-refractivity contribution >= 4 is 34.7 Å². The predicted octanol–water partition coefficient (Wildman–Crippen LogP) is 4.28. The first kappa shape index (κ1) is 21.1. The van der Waals surface area contributed by atoms with Crippen LogP contribution in [0, 0.1) is 6.92 Å². The zero-order chi connectivity index (χ0) is 21.0. The van der Waals surface area contributed by atoms with Gasteiger partial charge in [0, 0.05) is 16.5 Å². The summed E-state index contributed by atoms with van der Waals surface area (Å²) >= 11 is 3.02. The highest BCUT2D eigenvalue weighted by atomic mass is 32.2. The normalized spacial score (nSPS) is 12.0. The summed E-state index contributed by atoms with van der Waals surface area (Å²) in [7, 11) is 1.55.